The molecule has 0 radical (unpaired) electrons. The van der Waals surface area contributed by atoms with Crippen LogP contribution in [0.1, 0.15) is 45.6 Å². The van der Waals surface area contributed by atoms with E-state index in [1.54, 1.807) is 0 Å². The zero-order valence-corrected chi connectivity index (χ0v) is 14.1. The molecule has 21 heavy (non-hydrogen) atoms. The van der Waals surface area contributed by atoms with Gasteiger partial charge in [-0.3, -0.25) is 0 Å². The molecule has 2 aromatic rings. The Kier molecular flexibility index (Phi) is 5.46. The number of hydrogen-bond donors (Lipinski definition) is 1. The number of rotatable bonds is 7. The van der Waals surface area contributed by atoms with Crippen molar-refractivity contribution in [2.45, 2.75) is 53.0 Å². The fourth-order valence-corrected chi connectivity index (χ4v) is 2.78. The molecule has 0 atom stereocenters. The van der Waals surface area contributed by atoms with Crippen LogP contribution < -0.4 is 5.32 Å². The van der Waals surface area contributed by atoms with Gasteiger partial charge < -0.3 is 9.88 Å². The predicted molar refractivity (Wildman–Crippen MR) is 92.9 cm³/mol. The van der Waals surface area contributed by atoms with E-state index in [1.165, 1.54) is 42.1 Å². The number of unbranched alkanes of at least 4 members (excludes halogenated alkanes) is 1. The van der Waals surface area contributed by atoms with Crippen LogP contribution in [0.2, 0.25) is 0 Å². The average Bonchev–Trinajstić information content (AvgIpc) is 2.79. The molecule has 1 N–H and O–H groups in total. The van der Waals surface area contributed by atoms with Crippen LogP contribution in [-0.4, -0.2) is 18.2 Å². The predicted octanol–water partition coefficient (Wildman–Crippen LogP) is 4.62. The van der Waals surface area contributed by atoms with Crippen LogP contribution >= 0.6 is 0 Å². The molecule has 0 saturated carbocycles. The summed E-state index contributed by atoms with van der Waals surface area (Å²) in [6.07, 6.45) is 7.29. The van der Waals surface area contributed by atoms with E-state index in [2.05, 4.69) is 61.1 Å². The quantitative estimate of drug-likeness (QED) is 0.735. The smallest absolute Gasteiger partial charge is 0.0483 e. The molecule has 0 amide bonds. The van der Waals surface area contributed by atoms with Gasteiger partial charge in [0.2, 0.25) is 0 Å². The molecule has 0 saturated heterocycles. The number of benzene rings is 1. The Morgan fingerprint density at radius 2 is 1.86 bits per heavy atom. The van der Waals surface area contributed by atoms with Crippen LogP contribution in [0.4, 0.5) is 0 Å². The maximum absolute atomic E-state index is 3.23. The van der Waals surface area contributed by atoms with Crippen LogP contribution in [0.3, 0.4) is 0 Å². The maximum Gasteiger partial charge on any atom is 0.0483 e. The first kappa shape index (κ1) is 16.1. The third kappa shape index (κ3) is 4.60. The van der Waals surface area contributed by atoms with E-state index < -0.39 is 0 Å². The Morgan fingerprint density at radius 3 is 2.57 bits per heavy atom. The van der Waals surface area contributed by atoms with Crippen molar-refractivity contribution in [2.24, 2.45) is 5.41 Å². The number of para-hydroxylation sites is 1. The number of nitrogens with one attached hydrogen (secondary N) is 1. The van der Waals surface area contributed by atoms with Gasteiger partial charge in [0, 0.05) is 23.6 Å². The van der Waals surface area contributed by atoms with Crippen molar-refractivity contribution in [1.82, 2.24) is 9.88 Å². The molecule has 0 aliphatic rings. The van der Waals surface area contributed by atoms with Crippen LogP contribution in [0.25, 0.3) is 10.9 Å². The minimum absolute atomic E-state index is 0.387. The van der Waals surface area contributed by atoms with Crippen LogP contribution in [0.5, 0.6) is 0 Å². The Hall–Kier alpha value is -1.28. The van der Waals surface area contributed by atoms with E-state index in [4.69, 9.17) is 0 Å². The van der Waals surface area contributed by atoms with E-state index >= 15 is 0 Å². The largest absolute Gasteiger partial charge is 0.347 e. The molecule has 0 aliphatic carbocycles. The van der Waals surface area contributed by atoms with Gasteiger partial charge in [0.25, 0.3) is 0 Å². The van der Waals surface area contributed by atoms with Crippen molar-refractivity contribution < 1.29 is 0 Å². The van der Waals surface area contributed by atoms with E-state index in [0.29, 0.717) is 5.41 Å². The number of hydrogen-bond acceptors (Lipinski definition) is 1. The molecule has 0 bridgehead atoms. The molecule has 0 fully saturated rings. The zero-order valence-electron chi connectivity index (χ0n) is 14.1. The number of aromatic nitrogens is 1. The minimum atomic E-state index is 0.387. The summed E-state index contributed by atoms with van der Waals surface area (Å²) in [7, 11) is 2.03. The lowest BCUT2D eigenvalue weighted by molar-refractivity contribution is 0.353. The standard InChI is InChI=1S/C19H30N2/c1-19(2,3)12-14-21-15-16(9-7-8-13-20-4)17-10-5-6-11-18(17)21/h5-6,10-11,15,20H,7-9,12-14H2,1-4H3. The number of nitrogens with zero attached hydrogens (tertiary/aromatic N) is 1. The fraction of sp³-hybridized carbons (Fsp3) is 0.579. The topological polar surface area (TPSA) is 17.0 Å². The molecule has 116 valence electrons. The lowest BCUT2D eigenvalue weighted by Gasteiger charge is -2.18. The van der Waals surface area contributed by atoms with Crippen molar-refractivity contribution in [3.63, 3.8) is 0 Å². The Balaban J connectivity index is 2.14. The average molecular weight is 286 g/mol. The highest BCUT2D eigenvalue weighted by atomic mass is 15.0. The third-order valence-corrected chi connectivity index (χ3v) is 4.10. The Morgan fingerprint density at radius 1 is 1.10 bits per heavy atom. The van der Waals surface area contributed by atoms with Crippen molar-refractivity contribution in [1.29, 1.82) is 0 Å². The van der Waals surface area contributed by atoms with Crippen LogP contribution in [-0.2, 0) is 13.0 Å². The summed E-state index contributed by atoms with van der Waals surface area (Å²) in [5.74, 6) is 0. The first-order valence-electron chi connectivity index (χ1n) is 8.22. The highest BCUT2D eigenvalue weighted by molar-refractivity contribution is 5.83. The van der Waals surface area contributed by atoms with Crippen molar-refractivity contribution >= 4 is 10.9 Å². The second kappa shape index (κ2) is 7.13. The Bertz CT molecular complexity index is 560. The van der Waals surface area contributed by atoms with Gasteiger partial charge in [-0.05, 0) is 56.3 Å². The molecule has 0 aliphatic heterocycles. The summed E-state index contributed by atoms with van der Waals surface area (Å²) in [6.45, 7) is 9.18. The summed E-state index contributed by atoms with van der Waals surface area (Å²) in [6, 6.07) is 8.85. The van der Waals surface area contributed by atoms with E-state index in [0.717, 1.165) is 13.1 Å². The molecule has 2 heteroatoms. The van der Waals surface area contributed by atoms with Gasteiger partial charge in [0.05, 0.1) is 0 Å². The molecular weight excluding hydrogens is 256 g/mol. The highest BCUT2D eigenvalue weighted by Crippen LogP contribution is 2.26. The maximum atomic E-state index is 3.23. The third-order valence-electron chi connectivity index (χ3n) is 4.10. The van der Waals surface area contributed by atoms with Crippen LogP contribution in [0, 0.1) is 5.41 Å². The van der Waals surface area contributed by atoms with Gasteiger partial charge in [0.15, 0.2) is 0 Å². The molecular formula is C19H30N2. The van der Waals surface area contributed by atoms with Gasteiger partial charge in [-0.25, -0.2) is 0 Å². The summed E-state index contributed by atoms with van der Waals surface area (Å²) in [5.41, 5.74) is 3.29. The first-order chi connectivity index (χ1) is 10.0. The summed E-state index contributed by atoms with van der Waals surface area (Å²) in [4.78, 5) is 0. The second-order valence-electron chi connectivity index (χ2n) is 7.24. The summed E-state index contributed by atoms with van der Waals surface area (Å²) in [5, 5.41) is 4.67. The lowest BCUT2D eigenvalue weighted by Crippen LogP contribution is -2.09. The minimum Gasteiger partial charge on any atom is -0.347 e. The number of fused-ring (bicyclic) bond motifs is 1. The van der Waals surface area contributed by atoms with E-state index in [9.17, 15) is 0 Å². The second-order valence-corrected chi connectivity index (χ2v) is 7.24. The van der Waals surface area contributed by atoms with E-state index in [1.807, 2.05) is 7.05 Å². The molecule has 1 aromatic carbocycles. The lowest BCUT2D eigenvalue weighted by atomic mass is 9.92. The van der Waals surface area contributed by atoms with Gasteiger partial charge in [-0.1, -0.05) is 39.0 Å². The molecule has 0 unspecified atom stereocenters. The van der Waals surface area contributed by atoms with Crippen molar-refractivity contribution in [3.05, 3.63) is 36.0 Å². The van der Waals surface area contributed by atoms with Crippen molar-refractivity contribution in [3.8, 4) is 0 Å². The highest BCUT2D eigenvalue weighted by Gasteiger charge is 2.12. The molecule has 2 rings (SSSR count). The van der Waals surface area contributed by atoms with Gasteiger partial charge in [0.1, 0.15) is 0 Å². The molecule has 1 aromatic heterocycles. The number of aryl methyl sites for hydroxylation is 2. The fourth-order valence-electron chi connectivity index (χ4n) is 2.78. The normalized spacial score (nSPS) is 12.2. The van der Waals surface area contributed by atoms with Gasteiger partial charge in [-0.2, -0.15) is 0 Å². The van der Waals surface area contributed by atoms with Crippen LogP contribution in [0.15, 0.2) is 30.5 Å². The SMILES string of the molecule is CNCCCCc1cn(CCC(C)(C)C)c2ccccc12. The zero-order chi connectivity index (χ0) is 15.3. The molecule has 2 nitrogen and oxygen atoms in total. The van der Waals surface area contributed by atoms with Gasteiger partial charge in [-0.15, -0.1) is 0 Å². The monoisotopic (exact) mass is 286 g/mol. The van der Waals surface area contributed by atoms with Gasteiger partial charge >= 0.3 is 0 Å². The summed E-state index contributed by atoms with van der Waals surface area (Å²) < 4.78 is 2.45. The molecule has 0 spiro atoms. The summed E-state index contributed by atoms with van der Waals surface area (Å²) >= 11 is 0. The van der Waals surface area contributed by atoms with Crippen molar-refractivity contribution in [2.75, 3.05) is 13.6 Å². The van der Waals surface area contributed by atoms with E-state index in [-0.39, 0.29) is 0 Å². The Labute approximate surface area is 129 Å². The molecule has 1 heterocycles. The first-order valence-corrected chi connectivity index (χ1v) is 8.22.